The summed E-state index contributed by atoms with van der Waals surface area (Å²) in [6.45, 7) is 1.98. The summed E-state index contributed by atoms with van der Waals surface area (Å²) in [5.74, 6) is 0. The Morgan fingerprint density at radius 3 is 2.91 bits per heavy atom. The van der Waals surface area contributed by atoms with Gasteiger partial charge in [-0.3, -0.25) is 14.2 Å². The summed E-state index contributed by atoms with van der Waals surface area (Å²) in [6, 6.07) is 9.73. The van der Waals surface area contributed by atoms with Crippen LogP contribution in [0.25, 0.3) is 17.3 Å². The minimum atomic E-state index is 0.0559. The highest BCUT2D eigenvalue weighted by molar-refractivity contribution is 5.81. The van der Waals surface area contributed by atoms with Crippen molar-refractivity contribution in [3.63, 3.8) is 0 Å². The van der Waals surface area contributed by atoms with Crippen LogP contribution in [-0.2, 0) is 6.42 Å². The standard InChI is InChI=1S/C19H17N3O/c1-13-8-9-17-21-18-14(11-15-6-2-3-10-20-15)5-4-7-16(18)19(23)22(17)12-13/h2-3,6,8-12H,4-5,7H2,1H3. The molecule has 4 nitrogen and oxygen atoms in total. The number of aryl methyl sites for hydroxylation is 1. The van der Waals surface area contributed by atoms with Crippen molar-refractivity contribution < 1.29 is 0 Å². The summed E-state index contributed by atoms with van der Waals surface area (Å²) in [5.41, 5.74) is 5.48. The van der Waals surface area contributed by atoms with E-state index in [2.05, 4.69) is 11.1 Å². The quantitative estimate of drug-likeness (QED) is 0.693. The molecule has 3 aromatic rings. The van der Waals surface area contributed by atoms with E-state index in [0.717, 1.165) is 47.4 Å². The van der Waals surface area contributed by atoms with Gasteiger partial charge < -0.3 is 0 Å². The average molecular weight is 303 g/mol. The van der Waals surface area contributed by atoms with Gasteiger partial charge >= 0.3 is 0 Å². The van der Waals surface area contributed by atoms with E-state index in [4.69, 9.17) is 4.98 Å². The molecule has 0 radical (unpaired) electrons. The monoisotopic (exact) mass is 303 g/mol. The molecule has 0 amide bonds. The Labute approximate surface area is 134 Å². The highest BCUT2D eigenvalue weighted by Crippen LogP contribution is 2.29. The van der Waals surface area contributed by atoms with Gasteiger partial charge in [-0.2, -0.15) is 0 Å². The largest absolute Gasteiger partial charge is 0.269 e. The highest BCUT2D eigenvalue weighted by atomic mass is 16.1. The zero-order chi connectivity index (χ0) is 15.8. The van der Waals surface area contributed by atoms with Crippen LogP contribution in [0.3, 0.4) is 0 Å². The van der Waals surface area contributed by atoms with Crippen LogP contribution < -0.4 is 5.56 Å². The minimum Gasteiger partial charge on any atom is -0.269 e. The Morgan fingerprint density at radius 1 is 1.17 bits per heavy atom. The fraction of sp³-hybridized carbons (Fsp3) is 0.211. The number of allylic oxidation sites excluding steroid dienone is 1. The maximum atomic E-state index is 12.8. The second-order valence-corrected chi connectivity index (χ2v) is 5.96. The highest BCUT2D eigenvalue weighted by Gasteiger charge is 2.20. The molecule has 1 aliphatic carbocycles. The predicted octanol–water partition coefficient (Wildman–Crippen LogP) is 3.27. The minimum absolute atomic E-state index is 0.0559. The van der Waals surface area contributed by atoms with E-state index in [1.54, 1.807) is 10.6 Å². The second kappa shape index (κ2) is 5.47. The lowest BCUT2D eigenvalue weighted by Gasteiger charge is -2.18. The predicted molar refractivity (Wildman–Crippen MR) is 91.2 cm³/mol. The van der Waals surface area contributed by atoms with Crippen LogP contribution in [-0.4, -0.2) is 14.4 Å². The molecule has 0 fully saturated rings. The van der Waals surface area contributed by atoms with E-state index in [-0.39, 0.29) is 5.56 Å². The van der Waals surface area contributed by atoms with Gasteiger partial charge in [-0.1, -0.05) is 12.1 Å². The van der Waals surface area contributed by atoms with Crippen molar-refractivity contribution in [3.8, 4) is 0 Å². The fourth-order valence-electron chi connectivity index (χ4n) is 3.13. The molecule has 0 spiro atoms. The molecule has 0 aromatic carbocycles. The average Bonchev–Trinajstić information content (AvgIpc) is 2.57. The molecule has 0 atom stereocenters. The lowest BCUT2D eigenvalue weighted by Crippen LogP contribution is -2.24. The molecule has 23 heavy (non-hydrogen) atoms. The molecule has 114 valence electrons. The summed E-state index contributed by atoms with van der Waals surface area (Å²) in [4.78, 5) is 21.9. The SMILES string of the molecule is Cc1ccc2nc3c(c(=O)n2c1)CCCC3=Cc1ccccn1. The number of nitrogens with zero attached hydrogens (tertiary/aromatic N) is 3. The van der Waals surface area contributed by atoms with E-state index in [9.17, 15) is 4.79 Å². The third-order valence-corrected chi connectivity index (χ3v) is 4.25. The second-order valence-electron chi connectivity index (χ2n) is 5.96. The van der Waals surface area contributed by atoms with Crippen LogP contribution in [0.4, 0.5) is 0 Å². The van der Waals surface area contributed by atoms with Gasteiger partial charge in [-0.25, -0.2) is 4.98 Å². The number of fused-ring (bicyclic) bond motifs is 2. The van der Waals surface area contributed by atoms with Gasteiger partial charge in [-0.15, -0.1) is 0 Å². The lowest BCUT2D eigenvalue weighted by atomic mass is 9.91. The summed E-state index contributed by atoms with van der Waals surface area (Å²) >= 11 is 0. The van der Waals surface area contributed by atoms with Crippen LogP contribution in [0.2, 0.25) is 0 Å². The molecule has 3 aromatic heterocycles. The Morgan fingerprint density at radius 2 is 2.09 bits per heavy atom. The van der Waals surface area contributed by atoms with Gasteiger partial charge in [0.2, 0.25) is 0 Å². The Hall–Kier alpha value is -2.75. The van der Waals surface area contributed by atoms with Gasteiger partial charge in [0, 0.05) is 18.0 Å². The molecule has 0 saturated carbocycles. The first-order chi connectivity index (χ1) is 11.2. The third kappa shape index (κ3) is 2.46. The zero-order valence-corrected chi connectivity index (χ0v) is 13.0. The molecule has 4 heteroatoms. The Balaban J connectivity index is 1.95. The molecule has 0 saturated heterocycles. The van der Waals surface area contributed by atoms with Crippen LogP contribution in [0.1, 0.15) is 35.4 Å². The molecular formula is C19H17N3O. The van der Waals surface area contributed by atoms with Crippen molar-refractivity contribution in [3.05, 3.63) is 75.6 Å². The van der Waals surface area contributed by atoms with Crippen LogP contribution >= 0.6 is 0 Å². The van der Waals surface area contributed by atoms with Gasteiger partial charge in [0.05, 0.1) is 11.4 Å². The number of pyridine rings is 2. The normalized spacial score (nSPS) is 15.8. The number of hydrogen-bond acceptors (Lipinski definition) is 3. The molecule has 3 heterocycles. The first-order valence-electron chi connectivity index (χ1n) is 7.86. The van der Waals surface area contributed by atoms with Crippen molar-refractivity contribution in [1.29, 1.82) is 0 Å². The molecular weight excluding hydrogens is 286 g/mol. The van der Waals surface area contributed by atoms with Crippen molar-refractivity contribution >= 4 is 17.3 Å². The first kappa shape index (κ1) is 13.9. The van der Waals surface area contributed by atoms with Crippen LogP contribution in [0, 0.1) is 6.92 Å². The number of aromatic nitrogens is 3. The smallest absolute Gasteiger partial charge is 0.261 e. The zero-order valence-electron chi connectivity index (χ0n) is 13.0. The Bertz CT molecular complexity index is 971. The van der Waals surface area contributed by atoms with Crippen molar-refractivity contribution in [2.45, 2.75) is 26.2 Å². The van der Waals surface area contributed by atoms with Gasteiger partial charge in [0.15, 0.2) is 0 Å². The summed E-state index contributed by atoms with van der Waals surface area (Å²) in [5, 5.41) is 0. The maximum Gasteiger partial charge on any atom is 0.261 e. The van der Waals surface area contributed by atoms with E-state index >= 15 is 0 Å². The van der Waals surface area contributed by atoms with Gasteiger partial charge in [0.25, 0.3) is 5.56 Å². The van der Waals surface area contributed by atoms with Gasteiger partial charge in [-0.05, 0) is 61.6 Å². The van der Waals surface area contributed by atoms with E-state index in [0.29, 0.717) is 5.65 Å². The maximum absolute atomic E-state index is 12.8. The molecule has 1 aliphatic rings. The fourth-order valence-corrected chi connectivity index (χ4v) is 3.13. The van der Waals surface area contributed by atoms with E-state index < -0.39 is 0 Å². The van der Waals surface area contributed by atoms with Crippen molar-refractivity contribution in [2.24, 2.45) is 0 Å². The van der Waals surface area contributed by atoms with Crippen molar-refractivity contribution in [1.82, 2.24) is 14.4 Å². The molecule has 0 N–H and O–H groups in total. The summed E-state index contributed by atoms with van der Waals surface area (Å²) in [7, 11) is 0. The lowest BCUT2D eigenvalue weighted by molar-refractivity contribution is 0.786. The molecule has 0 aliphatic heterocycles. The number of rotatable bonds is 1. The number of hydrogen-bond donors (Lipinski definition) is 0. The van der Waals surface area contributed by atoms with Gasteiger partial charge in [0.1, 0.15) is 5.65 Å². The first-order valence-corrected chi connectivity index (χ1v) is 7.86. The molecule has 4 rings (SSSR count). The molecule has 0 unspecified atom stereocenters. The van der Waals surface area contributed by atoms with Crippen LogP contribution in [0.15, 0.2) is 47.5 Å². The molecule has 0 bridgehead atoms. The van der Waals surface area contributed by atoms with Crippen LogP contribution in [0.5, 0.6) is 0 Å². The third-order valence-electron chi connectivity index (χ3n) is 4.25. The van der Waals surface area contributed by atoms with Crippen molar-refractivity contribution in [2.75, 3.05) is 0 Å². The van der Waals surface area contributed by atoms with E-state index in [1.807, 2.05) is 43.5 Å². The Kier molecular flexibility index (Phi) is 3.30. The van der Waals surface area contributed by atoms with E-state index in [1.165, 1.54) is 0 Å². The summed E-state index contributed by atoms with van der Waals surface area (Å²) in [6.07, 6.45) is 8.38. The topological polar surface area (TPSA) is 47.3 Å². The summed E-state index contributed by atoms with van der Waals surface area (Å²) < 4.78 is 1.66.